The van der Waals surface area contributed by atoms with Gasteiger partial charge in [0.2, 0.25) is 0 Å². The number of aliphatic hydroxyl groups excluding tert-OH is 2. The molecule has 5 rings (SSSR count). The molecular formula is C30H46O16S2-2. The molecule has 1 saturated heterocycles. The number of hydrogen-bond donors (Lipinski definition) is 3. The fraction of sp³-hybridized carbons (Fsp3) is 0.933. The Morgan fingerprint density at radius 3 is 2.33 bits per heavy atom. The zero-order chi connectivity index (χ0) is 34.8. The molecule has 16 nitrogen and oxygen atoms in total. The predicted molar refractivity (Wildman–Crippen MR) is 159 cm³/mol. The van der Waals surface area contributed by atoms with E-state index in [2.05, 4.69) is 32.6 Å². The minimum absolute atomic E-state index is 0.00978. The lowest BCUT2D eigenvalue weighted by atomic mass is 9.43. The van der Waals surface area contributed by atoms with Crippen LogP contribution in [0.15, 0.2) is 0 Å². The highest BCUT2D eigenvalue weighted by Crippen LogP contribution is 2.71. The number of ether oxygens (including phenoxy) is 3. The first-order chi connectivity index (χ1) is 22.9. The summed E-state index contributed by atoms with van der Waals surface area (Å²) in [6, 6.07) is 0. The number of aliphatic carboxylic acids is 1. The molecule has 48 heavy (non-hydrogen) atoms. The van der Waals surface area contributed by atoms with Crippen molar-refractivity contribution in [2.45, 2.75) is 122 Å². The molecule has 3 N–H and O–H groups in total. The van der Waals surface area contributed by atoms with Crippen molar-refractivity contribution < 1.29 is 76.7 Å². The number of carboxylic acid groups (broad SMARTS) is 1. The van der Waals surface area contributed by atoms with Crippen molar-refractivity contribution in [2.75, 3.05) is 6.61 Å². The van der Waals surface area contributed by atoms with E-state index in [0.717, 1.165) is 25.7 Å². The van der Waals surface area contributed by atoms with Crippen LogP contribution in [0.4, 0.5) is 0 Å². The highest BCUT2D eigenvalue weighted by Gasteiger charge is 2.67. The maximum atomic E-state index is 13.0. The van der Waals surface area contributed by atoms with Crippen LogP contribution in [0.5, 0.6) is 0 Å². The molecule has 4 aliphatic carbocycles. The number of rotatable bonds is 15. The van der Waals surface area contributed by atoms with Gasteiger partial charge in [-0.2, -0.15) is 0 Å². The van der Waals surface area contributed by atoms with Crippen molar-refractivity contribution in [2.24, 2.45) is 46.3 Å². The second-order valence-corrected chi connectivity index (χ2v) is 15.7. The standard InChI is InChI=1S/C30H48O16S2/c1-14(2)9-22(32)40-25-24(42-48-46-44-37)23(41-47-45-43-36)20(13-31)39-28(25)38-17-10-18(27(34)35)19-7-8-30-11-16(15(3)26(30)33)5-6-21(30)29(19,4)12-17/h14-21,23-26,28,31,33,36-37H,5-13H2,1-4H3,(H,34,35)/p-2/t15?,16?,17?,18?,19?,20-,21?,23+,24-,25?,26-,28?,29?,30?/m0/s1. The van der Waals surface area contributed by atoms with Gasteiger partial charge >= 0.3 is 11.9 Å². The van der Waals surface area contributed by atoms with E-state index in [1.807, 2.05) is 13.8 Å². The summed E-state index contributed by atoms with van der Waals surface area (Å²) in [5, 5.41) is 60.0. The smallest absolute Gasteiger partial charge is 0.306 e. The van der Waals surface area contributed by atoms with Gasteiger partial charge in [0.05, 0.1) is 24.7 Å². The largest absolute Gasteiger partial charge is 0.691 e. The number of fused-ring (bicyclic) bond motifs is 3. The van der Waals surface area contributed by atoms with E-state index in [4.69, 9.17) is 22.6 Å². The lowest BCUT2D eigenvalue weighted by Crippen LogP contribution is -2.63. The van der Waals surface area contributed by atoms with E-state index in [-0.39, 0.29) is 66.6 Å². The van der Waals surface area contributed by atoms with Crippen LogP contribution in [0.1, 0.15) is 79.1 Å². The van der Waals surface area contributed by atoms with Crippen molar-refractivity contribution in [3.05, 3.63) is 0 Å². The van der Waals surface area contributed by atoms with Crippen molar-refractivity contribution in [1.82, 2.24) is 0 Å². The van der Waals surface area contributed by atoms with Gasteiger partial charge < -0.3 is 40.0 Å². The summed E-state index contributed by atoms with van der Waals surface area (Å²) < 4.78 is 38.1. The Morgan fingerprint density at radius 1 is 1.02 bits per heavy atom. The molecule has 1 aliphatic heterocycles. The number of carbonyl (C=O) groups excluding carboxylic acids is 1. The third-order valence-electron chi connectivity index (χ3n) is 11.9. The van der Waals surface area contributed by atoms with Gasteiger partial charge in [-0.3, -0.25) is 28.0 Å². The van der Waals surface area contributed by atoms with Crippen LogP contribution in [0.2, 0.25) is 0 Å². The van der Waals surface area contributed by atoms with Gasteiger partial charge in [-0.15, -0.1) is 8.67 Å². The minimum atomic E-state index is -1.40. The van der Waals surface area contributed by atoms with Gasteiger partial charge in [-0.1, -0.05) is 27.7 Å². The quantitative estimate of drug-likeness (QED) is 0.0545. The zero-order valence-corrected chi connectivity index (χ0v) is 29.0. The molecule has 1 spiro atoms. The highest BCUT2D eigenvalue weighted by molar-refractivity contribution is 7.90. The SMILES string of the molecule is CC(C)CC(=O)OC1C(OC2CC(C(=O)O)C3CCC45CC(CCC4C3(C)C2)C(C)[C@@H]5O)O[C@@H](CO)[C@@H](OSOO[O-])[C@@H]1OSOO[O-]. The Balaban J connectivity index is 1.45. The Morgan fingerprint density at radius 2 is 1.71 bits per heavy atom. The third-order valence-corrected chi connectivity index (χ3v) is 12.7. The molecule has 0 aromatic heterocycles. The summed E-state index contributed by atoms with van der Waals surface area (Å²) >= 11 is 0.208. The van der Waals surface area contributed by atoms with Crippen LogP contribution in [-0.4, -0.2) is 76.8 Å². The van der Waals surface area contributed by atoms with Gasteiger partial charge in [0.1, 0.15) is 18.3 Å². The average Bonchev–Trinajstić information content (AvgIpc) is 3.21. The summed E-state index contributed by atoms with van der Waals surface area (Å²) in [7, 11) is 0. The topological polar surface area (TPSA) is 224 Å². The van der Waals surface area contributed by atoms with E-state index in [1.54, 1.807) is 0 Å². The van der Waals surface area contributed by atoms with Crippen molar-refractivity contribution >= 4 is 36.6 Å². The maximum Gasteiger partial charge on any atom is 0.306 e. The lowest BCUT2D eigenvalue weighted by Gasteiger charge is -2.62. The van der Waals surface area contributed by atoms with E-state index in [0.29, 0.717) is 18.8 Å². The molecule has 10 unspecified atom stereocenters. The first-order valence-corrected chi connectivity index (χ1v) is 17.8. The molecule has 5 fully saturated rings. The summed E-state index contributed by atoms with van der Waals surface area (Å²) in [5.41, 5.74) is -0.771. The monoisotopic (exact) mass is 726 g/mol. The number of carboxylic acids is 1. The van der Waals surface area contributed by atoms with Gasteiger partial charge in [0, 0.05) is 11.8 Å². The number of esters is 1. The van der Waals surface area contributed by atoms with Crippen LogP contribution in [0.25, 0.3) is 0 Å². The predicted octanol–water partition coefficient (Wildman–Crippen LogP) is 1.71. The summed E-state index contributed by atoms with van der Waals surface area (Å²) in [6.45, 7) is 7.22. The molecule has 4 saturated carbocycles. The van der Waals surface area contributed by atoms with E-state index < -0.39 is 72.8 Å². The maximum absolute atomic E-state index is 13.0. The zero-order valence-electron chi connectivity index (χ0n) is 27.3. The summed E-state index contributed by atoms with van der Waals surface area (Å²) in [4.78, 5) is 25.9. The first kappa shape index (κ1) is 38.4. The second kappa shape index (κ2) is 16.2. The van der Waals surface area contributed by atoms with Gasteiger partial charge in [-0.05, 0) is 80.0 Å². The number of hydrogen-bond acceptors (Lipinski definition) is 17. The molecule has 2 bridgehead atoms. The lowest BCUT2D eigenvalue weighted by molar-refractivity contribution is -0.778. The normalized spacial score (nSPS) is 43.9. The Labute approximate surface area is 287 Å². The van der Waals surface area contributed by atoms with Crippen LogP contribution in [0, 0.1) is 46.3 Å². The molecule has 1 heterocycles. The first-order valence-electron chi connectivity index (χ1n) is 16.5. The van der Waals surface area contributed by atoms with E-state index in [1.165, 1.54) is 0 Å². The summed E-state index contributed by atoms with van der Waals surface area (Å²) in [5.74, 6) is -1.82. The third kappa shape index (κ3) is 7.53. The van der Waals surface area contributed by atoms with Crippen molar-refractivity contribution in [1.29, 1.82) is 0 Å². The molecule has 0 radical (unpaired) electrons. The number of carbonyl (C=O) groups is 2. The average molecular weight is 727 g/mol. The molecule has 5 aliphatic rings. The molecule has 14 atom stereocenters. The van der Waals surface area contributed by atoms with Crippen LogP contribution in [-0.2, 0) is 50.9 Å². The Hall–Kier alpha value is -0.840. The van der Waals surface area contributed by atoms with Crippen molar-refractivity contribution in [3.8, 4) is 0 Å². The van der Waals surface area contributed by atoms with Gasteiger partial charge in [-0.25, -0.2) is 0 Å². The molecular weight excluding hydrogens is 680 g/mol. The molecule has 0 aromatic rings. The van der Waals surface area contributed by atoms with Crippen LogP contribution in [0.3, 0.4) is 0 Å². The second-order valence-electron chi connectivity index (χ2n) is 14.7. The number of aliphatic hydroxyl groups is 2. The summed E-state index contributed by atoms with van der Waals surface area (Å²) in [6.07, 6.45) is -2.95. The van der Waals surface area contributed by atoms with Crippen LogP contribution < -0.4 is 10.5 Å². The minimum Gasteiger partial charge on any atom is -0.691 e. The molecule has 18 heteroatoms. The Bertz CT molecular complexity index is 1100. The van der Waals surface area contributed by atoms with E-state index in [9.17, 15) is 35.4 Å². The van der Waals surface area contributed by atoms with Crippen molar-refractivity contribution in [3.63, 3.8) is 0 Å². The van der Waals surface area contributed by atoms with Gasteiger partial charge in [0.25, 0.3) is 0 Å². The molecule has 0 amide bonds. The fourth-order valence-corrected chi connectivity index (χ4v) is 10.8. The highest BCUT2D eigenvalue weighted by atomic mass is 32.2. The molecule has 276 valence electrons. The Kier molecular flexibility index (Phi) is 13.0. The molecule has 0 aromatic carbocycles. The van der Waals surface area contributed by atoms with Gasteiger partial charge in [0.15, 0.2) is 37.0 Å². The van der Waals surface area contributed by atoms with Crippen LogP contribution >= 0.6 is 24.6 Å². The van der Waals surface area contributed by atoms with E-state index >= 15 is 0 Å². The fourth-order valence-electron chi connectivity index (χ4n) is 10.1.